The van der Waals surface area contributed by atoms with Crippen LogP contribution < -0.4 is 16.5 Å². The third-order valence-corrected chi connectivity index (χ3v) is 3.30. The number of amides is 2. The molecule has 2 amide bonds. The fraction of sp³-hybridized carbons (Fsp3) is 0. The van der Waals surface area contributed by atoms with Gasteiger partial charge in [0.1, 0.15) is 5.58 Å². The third-order valence-electron chi connectivity index (χ3n) is 3.30. The van der Waals surface area contributed by atoms with Gasteiger partial charge in [-0.1, -0.05) is 24.3 Å². The van der Waals surface area contributed by atoms with E-state index in [4.69, 9.17) is 10.2 Å². The predicted molar refractivity (Wildman–Crippen MR) is 85.4 cm³/mol. The molecule has 0 spiro atoms. The summed E-state index contributed by atoms with van der Waals surface area (Å²) in [5, 5.41) is 2.92. The van der Waals surface area contributed by atoms with E-state index in [1.54, 1.807) is 36.4 Å². The average molecular weight is 308 g/mol. The fourth-order valence-corrected chi connectivity index (χ4v) is 2.21. The van der Waals surface area contributed by atoms with Crippen molar-refractivity contribution in [2.75, 3.05) is 5.32 Å². The van der Waals surface area contributed by atoms with Gasteiger partial charge in [-0.15, -0.1) is 0 Å². The molecule has 0 aliphatic carbocycles. The standard InChI is InChI=1S/C17H12N2O4/c18-16(21)10-5-1-3-7-12(10)19-17(22)15-9-13(20)11-6-2-4-8-14(11)23-15/h1-9H,(H2,18,21)(H,19,22). The largest absolute Gasteiger partial charge is 0.451 e. The van der Waals surface area contributed by atoms with Gasteiger partial charge >= 0.3 is 0 Å². The van der Waals surface area contributed by atoms with Crippen molar-refractivity contribution < 1.29 is 14.0 Å². The second-order valence-corrected chi connectivity index (χ2v) is 4.84. The Morgan fingerprint density at radius 1 is 1.00 bits per heavy atom. The Balaban J connectivity index is 1.99. The Morgan fingerprint density at radius 2 is 1.70 bits per heavy atom. The monoisotopic (exact) mass is 308 g/mol. The van der Waals surface area contributed by atoms with Gasteiger partial charge in [0.05, 0.1) is 16.6 Å². The first-order chi connectivity index (χ1) is 11.1. The number of carbonyl (C=O) groups excluding carboxylic acids is 2. The number of primary amides is 1. The van der Waals surface area contributed by atoms with Crippen LogP contribution in [0, 0.1) is 0 Å². The quantitative estimate of drug-likeness (QED) is 0.773. The topological polar surface area (TPSA) is 102 Å². The Labute approximate surface area is 130 Å². The number of nitrogens with one attached hydrogen (secondary N) is 1. The number of benzene rings is 2. The molecule has 3 rings (SSSR count). The molecular formula is C17H12N2O4. The molecule has 0 fully saturated rings. The van der Waals surface area contributed by atoms with E-state index in [0.29, 0.717) is 11.0 Å². The molecule has 0 aliphatic heterocycles. The van der Waals surface area contributed by atoms with Crippen LogP contribution in [-0.4, -0.2) is 11.8 Å². The van der Waals surface area contributed by atoms with Crippen LogP contribution in [0.3, 0.4) is 0 Å². The molecule has 0 radical (unpaired) electrons. The molecule has 6 nitrogen and oxygen atoms in total. The Morgan fingerprint density at radius 3 is 2.48 bits per heavy atom. The maximum atomic E-state index is 12.3. The molecule has 23 heavy (non-hydrogen) atoms. The lowest BCUT2D eigenvalue weighted by molar-refractivity contribution is 0.0997. The zero-order valence-electron chi connectivity index (χ0n) is 11.9. The first-order valence-corrected chi connectivity index (χ1v) is 6.79. The summed E-state index contributed by atoms with van der Waals surface area (Å²) in [6.45, 7) is 0. The zero-order chi connectivity index (χ0) is 16.4. The van der Waals surface area contributed by atoms with Gasteiger partial charge in [0.2, 0.25) is 0 Å². The maximum absolute atomic E-state index is 12.3. The minimum atomic E-state index is -0.666. The van der Waals surface area contributed by atoms with Crippen molar-refractivity contribution in [1.82, 2.24) is 0 Å². The van der Waals surface area contributed by atoms with Crippen molar-refractivity contribution in [1.29, 1.82) is 0 Å². The van der Waals surface area contributed by atoms with Crippen LogP contribution >= 0.6 is 0 Å². The minimum Gasteiger partial charge on any atom is -0.451 e. The molecule has 0 aliphatic rings. The van der Waals surface area contributed by atoms with E-state index in [2.05, 4.69) is 5.32 Å². The van der Waals surface area contributed by atoms with Crippen molar-refractivity contribution in [3.63, 3.8) is 0 Å². The highest BCUT2D eigenvalue weighted by Gasteiger charge is 2.15. The lowest BCUT2D eigenvalue weighted by atomic mass is 10.1. The average Bonchev–Trinajstić information content (AvgIpc) is 2.55. The summed E-state index contributed by atoms with van der Waals surface area (Å²) in [5.41, 5.74) is 5.68. The van der Waals surface area contributed by atoms with Gasteiger partial charge in [-0.2, -0.15) is 0 Å². The molecular weight excluding hydrogens is 296 g/mol. The van der Waals surface area contributed by atoms with Gasteiger partial charge < -0.3 is 15.5 Å². The number of hydrogen-bond acceptors (Lipinski definition) is 4. The summed E-state index contributed by atoms with van der Waals surface area (Å²) >= 11 is 0. The summed E-state index contributed by atoms with van der Waals surface area (Å²) < 4.78 is 5.45. The number of para-hydroxylation sites is 2. The van der Waals surface area contributed by atoms with E-state index in [1.807, 2.05) is 0 Å². The summed E-state index contributed by atoms with van der Waals surface area (Å²) in [6, 6.07) is 14.1. The Hall–Kier alpha value is -3.41. The van der Waals surface area contributed by atoms with Crippen LogP contribution in [0.4, 0.5) is 5.69 Å². The highest BCUT2D eigenvalue weighted by atomic mass is 16.3. The lowest BCUT2D eigenvalue weighted by Gasteiger charge is -2.08. The van der Waals surface area contributed by atoms with Crippen molar-refractivity contribution in [3.8, 4) is 0 Å². The van der Waals surface area contributed by atoms with Gasteiger partial charge in [0, 0.05) is 6.07 Å². The SMILES string of the molecule is NC(=O)c1ccccc1NC(=O)c1cc(=O)c2ccccc2o1. The number of anilines is 1. The number of hydrogen-bond donors (Lipinski definition) is 2. The third kappa shape index (κ3) is 2.82. The molecule has 0 atom stereocenters. The first-order valence-electron chi connectivity index (χ1n) is 6.79. The van der Waals surface area contributed by atoms with E-state index in [-0.39, 0.29) is 22.4 Å². The molecule has 3 aromatic rings. The van der Waals surface area contributed by atoms with Crippen molar-refractivity contribution in [2.45, 2.75) is 0 Å². The van der Waals surface area contributed by atoms with E-state index < -0.39 is 11.8 Å². The second-order valence-electron chi connectivity index (χ2n) is 4.84. The van der Waals surface area contributed by atoms with Crippen LogP contribution in [0.1, 0.15) is 20.9 Å². The maximum Gasteiger partial charge on any atom is 0.291 e. The summed E-state index contributed by atoms with van der Waals surface area (Å²) in [4.78, 5) is 35.7. The molecule has 2 aromatic carbocycles. The molecule has 0 unspecified atom stereocenters. The van der Waals surface area contributed by atoms with Gasteiger partial charge in [-0.3, -0.25) is 14.4 Å². The minimum absolute atomic E-state index is 0.145. The van der Waals surface area contributed by atoms with E-state index in [0.717, 1.165) is 6.07 Å². The number of nitrogens with two attached hydrogens (primary N) is 1. The van der Waals surface area contributed by atoms with Crippen molar-refractivity contribution in [3.05, 3.63) is 76.1 Å². The summed E-state index contributed by atoms with van der Waals surface area (Å²) in [5.74, 6) is -1.45. The molecule has 1 aromatic heterocycles. The molecule has 3 N–H and O–H groups in total. The molecule has 0 bridgehead atoms. The predicted octanol–water partition coefficient (Wildman–Crippen LogP) is 2.14. The van der Waals surface area contributed by atoms with Crippen LogP contribution in [-0.2, 0) is 0 Å². The highest BCUT2D eigenvalue weighted by molar-refractivity contribution is 6.07. The fourth-order valence-electron chi connectivity index (χ4n) is 2.21. The Kier molecular flexibility index (Phi) is 3.64. The van der Waals surface area contributed by atoms with Crippen molar-refractivity contribution in [2.24, 2.45) is 5.73 Å². The van der Waals surface area contributed by atoms with Crippen LogP contribution in [0.2, 0.25) is 0 Å². The summed E-state index contributed by atoms with van der Waals surface area (Å²) in [6.07, 6.45) is 0. The van der Waals surface area contributed by atoms with Gasteiger partial charge in [0.25, 0.3) is 11.8 Å². The van der Waals surface area contributed by atoms with Crippen LogP contribution in [0.25, 0.3) is 11.0 Å². The van der Waals surface area contributed by atoms with E-state index in [1.165, 1.54) is 12.1 Å². The number of rotatable bonds is 3. The van der Waals surface area contributed by atoms with Gasteiger partial charge in [0.15, 0.2) is 11.2 Å². The van der Waals surface area contributed by atoms with Crippen LogP contribution in [0.15, 0.2) is 63.8 Å². The molecule has 1 heterocycles. The summed E-state index contributed by atoms with van der Waals surface area (Å²) in [7, 11) is 0. The lowest BCUT2D eigenvalue weighted by Crippen LogP contribution is -2.19. The van der Waals surface area contributed by atoms with E-state index >= 15 is 0 Å². The van der Waals surface area contributed by atoms with Gasteiger partial charge in [-0.25, -0.2) is 0 Å². The highest BCUT2D eigenvalue weighted by Crippen LogP contribution is 2.17. The van der Waals surface area contributed by atoms with Gasteiger partial charge in [-0.05, 0) is 24.3 Å². The zero-order valence-corrected chi connectivity index (χ0v) is 11.9. The number of carbonyl (C=O) groups is 2. The molecule has 0 saturated carbocycles. The second kappa shape index (κ2) is 5.76. The molecule has 0 saturated heterocycles. The first kappa shape index (κ1) is 14.5. The van der Waals surface area contributed by atoms with Crippen LogP contribution in [0.5, 0.6) is 0 Å². The Bertz CT molecular complexity index is 975. The van der Waals surface area contributed by atoms with E-state index in [9.17, 15) is 14.4 Å². The normalized spacial score (nSPS) is 10.4. The smallest absolute Gasteiger partial charge is 0.291 e. The van der Waals surface area contributed by atoms with Crippen molar-refractivity contribution >= 4 is 28.5 Å². The molecule has 114 valence electrons. The number of fused-ring (bicyclic) bond motifs is 1. The molecule has 6 heteroatoms.